The Bertz CT molecular complexity index is 785. The number of benzene rings is 1. The first-order valence-corrected chi connectivity index (χ1v) is 8.93. The van der Waals surface area contributed by atoms with Gasteiger partial charge >= 0.3 is 0 Å². The summed E-state index contributed by atoms with van der Waals surface area (Å²) in [7, 11) is 0. The third-order valence-corrected chi connectivity index (χ3v) is 4.96. The van der Waals surface area contributed by atoms with Crippen LogP contribution < -0.4 is 5.32 Å². The van der Waals surface area contributed by atoms with E-state index in [4.69, 9.17) is 0 Å². The van der Waals surface area contributed by atoms with Crippen LogP contribution in [0.5, 0.6) is 0 Å². The Morgan fingerprint density at radius 1 is 1.22 bits per heavy atom. The molecule has 0 aliphatic carbocycles. The van der Waals surface area contributed by atoms with Crippen molar-refractivity contribution in [1.82, 2.24) is 9.97 Å². The summed E-state index contributed by atoms with van der Waals surface area (Å²) in [5.74, 6) is 0.748. The first-order valence-electron chi connectivity index (χ1n) is 7.07. The van der Waals surface area contributed by atoms with Gasteiger partial charge in [0, 0.05) is 34.8 Å². The number of pyridine rings is 1. The van der Waals surface area contributed by atoms with Crippen molar-refractivity contribution in [3.8, 4) is 10.7 Å². The smallest absolute Gasteiger partial charge is 0.221 e. The number of thiazole rings is 1. The van der Waals surface area contributed by atoms with Gasteiger partial charge in [0.05, 0.1) is 11.4 Å². The van der Waals surface area contributed by atoms with E-state index in [1.54, 1.807) is 29.3 Å². The zero-order valence-electron chi connectivity index (χ0n) is 12.5. The third-order valence-electron chi connectivity index (χ3n) is 3.00. The molecule has 0 spiro atoms. The molecule has 0 bridgehead atoms. The second-order valence-corrected chi connectivity index (χ2v) is 6.76. The van der Waals surface area contributed by atoms with E-state index >= 15 is 0 Å². The molecule has 23 heavy (non-hydrogen) atoms. The molecular weight excluding hydrogens is 326 g/mol. The molecule has 0 saturated heterocycles. The minimum atomic E-state index is -0.0603. The molecule has 3 rings (SSSR count). The number of carbonyl (C=O) groups is 1. The van der Waals surface area contributed by atoms with Crippen molar-refractivity contribution < 1.29 is 4.79 Å². The van der Waals surface area contributed by atoms with Crippen molar-refractivity contribution in [1.29, 1.82) is 0 Å². The van der Waals surface area contributed by atoms with Gasteiger partial charge in [0.2, 0.25) is 5.91 Å². The summed E-state index contributed by atoms with van der Waals surface area (Å²) in [4.78, 5) is 21.1. The summed E-state index contributed by atoms with van der Waals surface area (Å²) in [5.41, 5.74) is 2.77. The molecule has 6 heteroatoms. The first-order chi connectivity index (χ1) is 11.2. The predicted molar refractivity (Wildman–Crippen MR) is 95.7 cm³/mol. The number of hydrogen-bond acceptors (Lipinski definition) is 5. The zero-order valence-corrected chi connectivity index (χ0v) is 14.2. The molecule has 0 fully saturated rings. The number of amides is 1. The van der Waals surface area contributed by atoms with Crippen LogP contribution in [0.25, 0.3) is 10.7 Å². The number of rotatable bonds is 5. The SMILES string of the molecule is CC(=O)Nc1ccc(SCc2csc(-c3ccccn3)n2)cc1. The fourth-order valence-corrected chi connectivity index (χ4v) is 3.67. The van der Waals surface area contributed by atoms with Gasteiger partial charge in [-0.05, 0) is 36.4 Å². The molecule has 0 radical (unpaired) electrons. The van der Waals surface area contributed by atoms with Gasteiger partial charge in [0.15, 0.2) is 0 Å². The van der Waals surface area contributed by atoms with Gasteiger partial charge in [-0.25, -0.2) is 4.98 Å². The van der Waals surface area contributed by atoms with Gasteiger partial charge in [0.25, 0.3) is 0 Å². The molecule has 0 unspecified atom stereocenters. The topological polar surface area (TPSA) is 54.9 Å². The molecule has 2 heterocycles. The van der Waals surface area contributed by atoms with Crippen LogP contribution >= 0.6 is 23.1 Å². The second kappa shape index (κ2) is 7.39. The van der Waals surface area contributed by atoms with Crippen molar-refractivity contribution in [3.63, 3.8) is 0 Å². The van der Waals surface area contributed by atoms with E-state index in [-0.39, 0.29) is 5.91 Å². The Hall–Kier alpha value is -2.18. The van der Waals surface area contributed by atoms with Crippen molar-refractivity contribution in [2.75, 3.05) is 5.32 Å². The highest BCUT2D eigenvalue weighted by Gasteiger charge is 2.06. The fourth-order valence-electron chi connectivity index (χ4n) is 1.98. The Morgan fingerprint density at radius 3 is 2.74 bits per heavy atom. The van der Waals surface area contributed by atoms with Gasteiger partial charge in [-0.15, -0.1) is 23.1 Å². The highest BCUT2D eigenvalue weighted by atomic mass is 32.2. The van der Waals surface area contributed by atoms with E-state index in [0.717, 1.165) is 32.7 Å². The van der Waals surface area contributed by atoms with E-state index in [1.165, 1.54) is 6.92 Å². The van der Waals surface area contributed by atoms with Gasteiger partial charge in [0.1, 0.15) is 5.01 Å². The average Bonchev–Trinajstić information content (AvgIpc) is 3.04. The quantitative estimate of drug-likeness (QED) is 0.696. The summed E-state index contributed by atoms with van der Waals surface area (Å²) in [5, 5.41) is 5.78. The Labute approximate surface area is 143 Å². The normalized spacial score (nSPS) is 10.5. The van der Waals surface area contributed by atoms with E-state index in [2.05, 4.69) is 20.7 Å². The number of thioether (sulfide) groups is 1. The van der Waals surface area contributed by atoms with Crippen LogP contribution in [0.4, 0.5) is 5.69 Å². The van der Waals surface area contributed by atoms with Crippen LogP contribution in [-0.2, 0) is 10.5 Å². The molecule has 1 aromatic carbocycles. The van der Waals surface area contributed by atoms with Gasteiger partial charge in [-0.2, -0.15) is 0 Å². The lowest BCUT2D eigenvalue weighted by atomic mass is 10.3. The number of hydrogen-bond donors (Lipinski definition) is 1. The first kappa shape index (κ1) is 15.7. The minimum Gasteiger partial charge on any atom is -0.326 e. The molecule has 0 aliphatic heterocycles. The molecule has 0 saturated carbocycles. The maximum Gasteiger partial charge on any atom is 0.221 e. The van der Waals surface area contributed by atoms with Gasteiger partial charge in [-0.3, -0.25) is 9.78 Å². The van der Waals surface area contributed by atoms with Crippen molar-refractivity contribution in [3.05, 3.63) is 59.7 Å². The molecule has 1 amide bonds. The zero-order chi connectivity index (χ0) is 16.1. The summed E-state index contributed by atoms with van der Waals surface area (Å²) in [6.07, 6.45) is 1.78. The van der Waals surface area contributed by atoms with E-state index in [1.807, 2.05) is 42.5 Å². The van der Waals surface area contributed by atoms with E-state index in [9.17, 15) is 4.79 Å². The fraction of sp³-hybridized carbons (Fsp3) is 0.118. The van der Waals surface area contributed by atoms with Gasteiger partial charge < -0.3 is 5.32 Å². The number of aromatic nitrogens is 2. The number of carbonyl (C=O) groups excluding carboxylic acids is 1. The number of nitrogens with one attached hydrogen (secondary N) is 1. The highest BCUT2D eigenvalue weighted by Crippen LogP contribution is 2.27. The molecular formula is C17H15N3OS2. The number of nitrogens with zero attached hydrogens (tertiary/aromatic N) is 2. The van der Waals surface area contributed by atoms with Crippen LogP contribution in [0.15, 0.2) is 58.9 Å². The molecule has 3 aromatic rings. The van der Waals surface area contributed by atoms with Gasteiger partial charge in [-0.1, -0.05) is 6.07 Å². The molecule has 2 aromatic heterocycles. The second-order valence-electron chi connectivity index (χ2n) is 4.85. The van der Waals surface area contributed by atoms with Crippen molar-refractivity contribution >= 4 is 34.7 Å². The largest absolute Gasteiger partial charge is 0.326 e. The third kappa shape index (κ3) is 4.40. The Balaban J connectivity index is 1.60. The Morgan fingerprint density at radius 2 is 2.04 bits per heavy atom. The van der Waals surface area contributed by atoms with E-state index in [0.29, 0.717) is 0 Å². The monoisotopic (exact) mass is 341 g/mol. The average molecular weight is 341 g/mol. The Kier molecular flexibility index (Phi) is 5.05. The van der Waals surface area contributed by atoms with Crippen LogP contribution in [0.2, 0.25) is 0 Å². The van der Waals surface area contributed by atoms with Crippen LogP contribution in [0.3, 0.4) is 0 Å². The maximum absolute atomic E-state index is 11.0. The molecule has 0 aliphatic rings. The lowest BCUT2D eigenvalue weighted by molar-refractivity contribution is -0.114. The minimum absolute atomic E-state index is 0.0603. The summed E-state index contributed by atoms with van der Waals surface area (Å²) < 4.78 is 0. The van der Waals surface area contributed by atoms with Crippen LogP contribution in [0, 0.1) is 0 Å². The molecule has 1 N–H and O–H groups in total. The summed E-state index contributed by atoms with van der Waals surface area (Å²) in [6, 6.07) is 13.7. The van der Waals surface area contributed by atoms with Crippen LogP contribution in [-0.4, -0.2) is 15.9 Å². The van der Waals surface area contributed by atoms with Crippen LogP contribution in [0.1, 0.15) is 12.6 Å². The van der Waals surface area contributed by atoms with Crippen molar-refractivity contribution in [2.45, 2.75) is 17.6 Å². The summed E-state index contributed by atoms with van der Waals surface area (Å²) in [6.45, 7) is 1.50. The summed E-state index contributed by atoms with van der Waals surface area (Å²) >= 11 is 3.33. The van der Waals surface area contributed by atoms with Crippen molar-refractivity contribution in [2.24, 2.45) is 0 Å². The standard InChI is InChI=1S/C17H15N3OS2/c1-12(21)19-13-5-7-15(8-6-13)22-10-14-11-23-17(20-14)16-4-2-3-9-18-16/h2-9,11H,10H2,1H3,(H,19,21). The molecule has 116 valence electrons. The molecule has 4 nitrogen and oxygen atoms in total. The molecule has 0 atom stereocenters. The predicted octanol–water partition coefficient (Wildman–Crippen LogP) is 4.46. The van der Waals surface area contributed by atoms with E-state index < -0.39 is 0 Å². The highest BCUT2D eigenvalue weighted by molar-refractivity contribution is 7.98. The maximum atomic E-state index is 11.0. The number of anilines is 1. The lowest BCUT2D eigenvalue weighted by Gasteiger charge is -2.03. The lowest BCUT2D eigenvalue weighted by Crippen LogP contribution is -2.05.